The van der Waals surface area contributed by atoms with E-state index in [0.29, 0.717) is 16.5 Å². The summed E-state index contributed by atoms with van der Waals surface area (Å²) in [6, 6.07) is 14.5. The van der Waals surface area contributed by atoms with E-state index in [1.54, 1.807) is 24.3 Å². The molecule has 3 nitrogen and oxygen atoms in total. The molecule has 0 bridgehead atoms. The molecule has 3 aromatic rings. The van der Waals surface area contributed by atoms with E-state index < -0.39 is 0 Å². The highest BCUT2D eigenvalue weighted by atomic mass is 16.3. The Balaban J connectivity index is 2.40. The number of pyridine rings is 1. The van der Waals surface area contributed by atoms with Crippen molar-refractivity contribution in [3.05, 3.63) is 64.4 Å². The van der Waals surface area contributed by atoms with Gasteiger partial charge in [0.05, 0.1) is 0 Å². The van der Waals surface area contributed by atoms with Crippen molar-refractivity contribution in [2.24, 2.45) is 0 Å². The van der Waals surface area contributed by atoms with Crippen LogP contribution in [0.2, 0.25) is 0 Å². The minimum Gasteiger partial charge on any atom is -0.871 e. The highest BCUT2D eigenvalue weighted by molar-refractivity contribution is 5.91. The smallest absolute Gasteiger partial charge is 0.255 e. The summed E-state index contributed by atoms with van der Waals surface area (Å²) in [4.78, 5) is 14.9. The van der Waals surface area contributed by atoms with Crippen molar-refractivity contribution in [3.63, 3.8) is 0 Å². The van der Waals surface area contributed by atoms with Crippen LogP contribution in [0.1, 0.15) is 5.56 Å². The Morgan fingerprint density at radius 1 is 1.05 bits per heavy atom. The summed E-state index contributed by atoms with van der Waals surface area (Å²) in [7, 11) is 0. The zero-order valence-electron chi connectivity index (χ0n) is 10.4. The Bertz CT molecular complexity index is 804. The fourth-order valence-corrected chi connectivity index (χ4v) is 2.24. The fraction of sp³-hybridized carbons (Fsp3) is 0.0625. The number of H-pyrrole nitrogens is 1. The first-order chi connectivity index (χ1) is 9.16. The van der Waals surface area contributed by atoms with Crippen LogP contribution in [0.5, 0.6) is 5.75 Å². The lowest BCUT2D eigenvalue weighted by Crippen LogP contribution is -2.13. The molecule has 19 heavy (non-hydrogen) atoms. The topological polar surface area (TPSA) is 55.9 Å². The highest BCUT2D eigenvalue weighted by Gasteiger charge is 2.07. The third-order valence-electron chi connectivity index (χ3n) is 3.18. The van der Waals surface area contributed by atoms with E-state index in [1.165, 1.54) is 0 Å². The minimum atomic E-state index is -0.340. The summed E-state index contributed by atoms with van der Waals surface area (Å²) in [5.74, 6) is -0.214. The number of hydrogen-bond acceptors (Lipinski definition) is 2. The number of fused-ring (bicyclic) bond motifs is 1. The lowest BCUT2D eigenvalue weighted by Gasteiger charge is -2.16. The maximum Gasteiger partial charge on any atom is 0.255 e. The number of aromatic nitrogens is 1. The molecule has 3 rings (SSSR count). The van der Waals surface area contributed by atoms with Gasteiger partial charge in [0, 0.05) is 11.1 Å². The Morgan fingerprint density at radius 2 is 1.79 bits per heavy atom. The largest absolute Gasteiger partial charge is 0.871 e. The van der Waals surface area contributed by atoms with E-state index >= 15 is 0 Å². The summed E-state index contributed by atoms with van der Waals surface area (Å²) in [6.45, 7) is 1.92. The van der Waals surface area contributed by atoms with Crippen molar-refractivity contribution >= 4 is 10.9 Å². The molecule has 1 aromatic heterocycles. The van der Waals surface area contributed by atoms with E-state index in [4.69, 9.17) is 0 Å². The highest BCUT2D eigenvalue weighted by Crippen LogP contribution is 2.29. The monoisotopic (exact) mass is 250 g/mol. The van der Waals surface area contributed by atoms with E-state index in [1.807, 2.05) is 31.2 Å². The maximum atomic E-state index is 12.5. The summed E-state index contributed by atoms with van der Waals surface area (Å²) in [6.07, 6.45) is 0. The van der Waals surface area contributed by atoms with Crippen LogP contribution < -0.4 is 10.7 Å². The number of rotatable bonds is 1. The second-order valence-electron chi connectivity index (χ2n) is 4.57. The van der Waals surface area contributed by atoms with Crippen molar-refractivity contribution in [1.82, 2.24) is 4.98 Å². The molecule has 0 saturated heterocycles. The van der Waals surface area contributed by atoms with Crippen LogP contribution in [-0.4, -0.2) is 4.98 Å². The molecular weight excluding hydrogens is 238 g/mol. The second-order valence-corrected chi connectivity index (χ2v) is 4.57. The molecule has 0 unspecified atom stereocenters. The quantitative estimate of drug-likeness (QED) is 0.721. The summed E-state index contributed by atoms with van der Waals surface area (Å²) >= 11 is 0. The van der Waals surface area contributed by atoms with Crippen LogP contribution in [0.15, 0.2) is 53.3 Å². The lowest BCUT2D eigenvalue weighted by atomic mass is 10.0. The lowest BCUT2D eigenvalue weighted by molar-refractivity contribution is -0.264. The van der Waals surface area contributed by atoms with E-state index in [0.717, 1.165) is 5.56 Å². The van der Waals surface area contributed by atoms with Crippen LogP contribution in [0.3, 0.4) is 0 Å². The van der Waals surface area contributed by atoms with Gasteiger partial charge in [-0.15, -0.1) is 0 Å². The molecule has 0 spiro atoms. The predicted molar refractivity (Wildman–Crippen MR) is 74.2 cm³/mol. The Kier molecular flexibility index (Phi) is 2.60. The SMILES string of the molecule is Cc1ccc2[nH]c(=O)c(-c3ccccc3)c([O-])c2c1. The van der Waals surface area contributed by atoms with Crippen molar-refractivity contribution in [2.45, 2.75) is 6.92 Å². The van der Waals surface area contributed by atoms with E-state index in [2.05, 4.69) is 4.98 Å². The first-order valence-electron chi connectivity index (χ1n) is 6.06. The molecule has 2 aromatic carbocycles. The molecule has 0 aliphatic heterocycles. The van der Waals surface area contributed by atoms with Crippen LogP contribution in [-0.2, 0) is 0 Å². The molecule has 3 heteroatoms. The van der Waals surface area contributed by atoms with Gasteiger partial charge in [0.25, 0.3) is 5.56 Å². The zero-order valence-corrected chi connectivity index (χ0v) is 10.4. The second kappa shape index (κ2) is 4.28. The van der Waals surface area contributed by atoms with Gasteiger partial charge in [-0.3, -0.25) is 4.79 Å². The predicted octanol–water partition coefficient (Wildman–Crippen LogP) is 2.58. The number of aromatic amines is 1. The van der Waals surface area contributed by atoms with Gasteiger partial charge in [0.2, 0.25) is 0 Å². The van der Waals surface area contributed by atoms with Gasteiger partial charge in [-0.2, -0.15) is 0 Å². The molecule has 1 N–H and O–H groups in total. The van der Waals surface area contributed by atoms with Crippen LogP contribution in [0, 0.1) is 6.92 Å². The molecule has 0 aliphatic carbocycles. The van der Waals surface area contributed by atoms with E-state index in [-0.39, 0.29) is 16.9 Å². The Morgan fingerprint density at radius 3 is 2.53 bits per heavy atom. The van der Waals surface area contributed by atoms with Gasteiger partial charge in [-0.25, -0.2) is 0 Å². The van der Waals surface area contributed by atoms with Gasteiger partial charge in [0.1, 0.15) is 0 Å². The first kappa shape index (κ1) is 11.5. The third-order valence-corrected chi connectivity index (χ3v) is 3.18. The summed E-state index contributed by atoms with van der Waals surface area (Å²) in [5.41, 5.74) is 2.10. The first-order valence-corrected chi connectivity index (χ1v) is 6.06. The van der Waals surface area contributed by atoms with Gasteiger partial charge >= 0.3 is 0 Å². The van der Waals surface area contributed by atoms with Crippen LogP contribution in [0.25, 0.3) is 22.0 Å². The zero-order chi connectivity index (χ0) is 13.4. The molecular formula is C16H12NO2-. The third kappa shape index (κ3) is 1.89. The summed E-state index contributed by atoms with van der Waals surface area (Å²) in [5, 5.41) is 13.0. The number of benzene rings is 2. The van der Waals surface area contributed by atoms with Crippen molar-refractivity contribution in [3.8, 4) is 16.9 Å². The average Bonchev–Trinajstić information content (AvgIpc) is 2.41. The molecule has 0 saturated carbocycles. The number of hydrogen-bond donors (Lipinski definition) is 1. The minimum absolute atomic E-state index is 0.207. The van der Waals surface area contributed by atoms with E-state index in [9.17, 15) is 9.90 Å². The van der Waals surface area contributed by atoms with Crippen molar-refractivity contribution in [1.29, 1.82) is 0 Å². The molecule has 94 valence electrons. The van der Waals surface area contributed by atoms with Gasteiger partial charge in [0.15, 0.2) is 0 Å². The molecule has 0 amide bonds. The standard InChI is InChI=1S/C16H13NO2/c1-10-7-8-13-12(9-10)15(18)14(16(19)17-13)11-5-3-2-4-6-11/h2-9H,1H3,(H2,17,18,19)/p-1. The van der Waals surface area contributed by atoms with Gasteiger partial charge in [-0.05, 0) is 23.9 Å². The maximum absolute atomic E-state index is 12.5. The van der Waals surface area contributed by atoms with Crippen LogP contribution >= 0.6 is 0 Å². The molecule has 0 aliphatic rings. The Hall–Kier alpha value is -2.55. The average molecular weight is 250 g/mol. The van der Waals surface area contributed by atoms with Crippen LogP contribution in [0.4, 0.5) is 0 Å². The van der Waals surface area contributed by atoms with Crippen molar-refractivity contribution in [2.75, 3.05) is 0 Å². The van der Waals surface area contributed by atoms with Gasteiger partial charge in [-0.1, -0.05) is 53.8 Å². The number of nitrogens with one attached hydrogen (secondary N) is 1. The van der Waals surface area contributed by atoms with Gasteiger partial charge < -0.3 is 10.1 Å². The molecule has 1 heterocycles. The Labute approximate surface area is 110 Å². The molecule has 0 radical (unpaired) electrons. The summed E-state index contributed by atoms with van der Waals surface area (Å²) < 4.78 is 0. The molecule has 0 fully saturated rings. The fourth-order valence-electron chi connectivity index (χ4n) is 2.24. The number of aryl methyl sites for hydroxylation is 1. The molecule has 0 atom stereocenters. The van der Waals surface area contributed by atoms with Crippen molar-refractivity contribution < 1.29 is 5.11 Å². The normalized spacial score (nSPS) is 10.8.